The van der Waals surface area contributed by atoms with Crippen LogP contribution < -0.4 is 10.6 Å². The van der Waals surface area contributed by atoms with E-state index < -0.39 is 0 Å². The highest BCUT2D eigenvalue weighted by Gasteiger charge is 2.34. The lowest BCUT2D eigenvalue weighted by atomic mass is 9.89. The molecule has 2 aliphatic rings. The van der Waals surface area contributed by atoms with Crippen molar-refractivity contribution in [3.8, 4) is 0 Å². The van der Waals surface area contributed by atoms with Gasteiger partial charge in [0.05, 0.1) is 6.61 Å². The Balaban J connectivity index is 1.57. The molecule has 4 heteroatoms. The monoisotopic (exact) mass is 274 g/mol. The first-order valence-corrected chi connectivity index (χ1v) is 7.49. The van der Waals surface area contributed by atoms with Crippen LogP contribution in [0.5, 0.6) is 0 Å². The predicted octanol–water partition coefficient (Wildman–Crippen LogP) is 2.04. The lowest BCUT2D eigenvalue weighted by Gasteiger charge is -2.28. The van der Waals surface area contributed by atoms with E-state index in [1.54, 1.807) is 0 Å². The number of aliphatic hydroxyl groups excluding tert-OH is 1. The summed E-state index contributed by atoms with van der Waals surface area (Å²) in [5.41, 5.74) is 1.50. The highest BCUT2D eigenvalue weighted by Crippen LogP contribution is 2.32. The van der Waals surface area contributed by atoms with E-state index in [1.165, 1.54) is 12.8 Å². The molecule has 2 heterocycles. The van der Waals surface area contributed by atoms with Gasteiger partial charge < -0.3 is 15.7 Å². The van der Waals surface area contributed by atoms with Gasteiger partial charge in [0.15, 0.2) is 0 Å². The zero-order valence-electron chi connectivity index (χ0n) is 11.6. The van der Waals surface area contributed by atoms with Gasteiger partial charge in [-0.15, -0.1) is 0 Å². The third kappa shape index (κ3) is 3.02. The van der Waals surface area contributed by atoms with Crippen LogP contribution in [-0.2, 0) is 11.4 Å². The number of hydrogen-bond acceptors (Lipinski definition) is 3. The molecule has 1 amide bonds. The Hall–Kier alpha value is -1.39. The first-order valence-electron chi connectivity index (χ1n) is 7.49. The van der Waals surface area contributed by atoms with Gasteiger partial charge in [-0.1, -0.05) is 18.2 Å². The molecule has 2 unspecified atom stereocenters. The van der Waals surface area contributed by atoms with Gasteiger partial charge in [0.1, 0.15) is 0 Å². The molecular formula is C16H22N2O2. The van der Waals surface area contributed by atoms with Crippen LogP contribution in [0.4, 0.5) is 5.69 Å². The van der Waals surface area contributed by atoms with Crippen molar-refractivity contribution in [2.24, 2.45) is 5.92 Å². The minimum Gasteiger partial charge on any atom is -0.392 e. The summed E-state index contributed by atoms with van der Waals surface area (Å²) in [6, 6.07) is 8.66. The van der Waals surface area contributed by atoms with Gasteiger partial charge in [-0.25, -0.2) is 0 Å². The van der Waals surface area contributed by atoms with Gasteiger partial charge in [0, 0.05) is 29.8 Å². The Kier molecular flexibility index (Phi) is 4.03. The Labute approximate surface area is 119 Å². The van der Waals surface area contributed by atoms with Crippen molar-refractivity contribution >= 4 is 11.6 Å². The average Bonchev–Trinajstić information content (AvgIpc) is 2.78. The molecule has 2 saturated heterocycles. The largest absolute Gasteiger partial charge is 0.392 e. The second kappa shape index (κ2) is 5.94. The Morgan fingerprint density at radius 3 is 2.65 bits per heavy atom. The average molecular weight is 274 g/mol. The van der Waals surface area contributed by atoms with Crippen LogP contribution >= 0.6 is 0 Å². The van der Waals surface area contributed by atoms with Crippen LogP contribution in [0.2, 0.25) is 0 Å². The minimum absolute atomic E-state index is 0.0477. The SMILES string of the molecule is O=C(CC1CC2CCC(C1)N2)Nc1ccccc1CO. The topological polar surface area (TPSA) is 61.4 Å². The van der Waals surface area contributed by atoms with E-state index >= 15 is 0 Å². The number of amides is 1. The molecular weight excluding hydrogens is 252 g/mol. The van der Waals surface area contributed by atoms with Gasteiger partial charge in [0.25, 0.3) is 0 Å². The second-order valence-electron chi connectivity index (χ2n) is 6.04. The molecule has 4 nitrogen and oxygen atoms in total. The maximum absolute atomic E-state index is 12.2. The van der Waals surface area contributed by atoms with Gasteiger partial charge in [-0.3, -0.25) is 4.79 Å². The van der Waals surface area contributed by atoms with Crippen molar-refractivity contribution in [3.05, 3.63) is 29.8 Å². The number of piperidine rings is 1. The van der Waals surface area contributed by atoms with Crippen LogP contribution in [-0.4, -0.2) is 23.1 Å². The van der Waals surface area contributed by atoms with Gasteiger partial charge in [-0.05, 0) is 37.7 Å². The molecule has 0 spiro atoms. The normalized spacial score (nSPS) is 28.4. The highest BCUT2D eigenvalue weighted by molar-refractivity contribution is 5.91. The van der Waals surface area contributed by atoms with E-state index in [9.17, 15) is 9.90 Å². The minimum atomic E-state index is -0.0477. The summed E-state index contributed by atoms with van der Waals surface area (Å²) in [7, 11) is 0. The van der Waals surface area contributed by atoms with Crippen LogP contribution in [0.1, 0.15) is 37.7 Å². The summed E-state index contributed by atoms with van der Waals surface area (Å²) in [6.07, 6.45) is 5.35. The van der Waals surface area contributed by atoms with Crippen molar-refractivity contribution < 1.29 is 9.90 Å². The van der Waals surface area contributed by atoms with E-state index in [-0.39, 0.29) is 12.5 Å². The molecule has 0 radical (unpaired) electrons. The van der Waals surface area contributed by atoms with Gasteiger partial charge in [0.2, 0.25) is 5.91 Å². The maximum Gasteiger partial charge on any atom is 0.224 e. The molecule has 0 saturated carbocycles. The number of para-hydroxylation sites is 1. The third-order valence-corrected chi connectivity index (χ3v) is 4.51. The van der Waals surface area contributed by atoms with Crippen molar-refractivity contribution in [1.82, 2.24) is 5.32 Å². The summed E-state index contributed by atoms with van der Waals surface area (Å²) in [5, 5.41) is 15.8. The number of hydrogen-bond donors (Lipinski definition) is 3. The number of benzene rings is 1. The number of carbonyl (C=O) groups excluding carboxylic acids is 1. The zero-order valence-corrected chi connectivity index (χ0v) is 11.6. The fourth-order valence-electron chi connectivity index (χ4n) is 3.59. The number of fused-ring (bicyclic) bond motifs is 2. The second-order valence-corrected chi connectivity index (χ2v) is 6.04. The van der Waals surface area contributed by atoms with Gasteiger partial charge in [-0.2, -0.15) is 0 Å². The summed E-state index contributed by atoms with van der Waals surface area (Å²) >= 11 is 0. The molecule has 3 N–H and O–H groups in total. The lowest BCUT2D eigenvalue weighted by molar-refractivity contribution is -0.117. The summed E-state index contributed by atoms with van der Waals surface area (Å²) in [4.78, 5) is 12.2. The molecule has 1 aromatic rings. The first-order chi connectivity index (χ1) is 9.74. The molecule has 2 bridgehead atoms. The van der Waals surface area contributed by atoms with E-state index in [2.05, 4.69) is 10.6 Å². The molecule has 1 aromatic carbocycles. The molecule has 3 rings (SSSR count). The fraction of sp³-hybridized carbons (Fsp3) is 0.562. The summed E-state index contributed by atoms with van der Waals surface area (Å²) in [6.45, 7) is -0.0477. The number of aliphatic hydroxyl groups is 1. The first kappa shape index (κ1) is 13.6. The molecule has 108 valence electrons. The van der Waals surface area contributed by atoms with E-state index in [4.69, 9.17) is 0 Å². The summed E-state index contributed by atoms with van der Waals surface area (Å²) in [5.74, 6) is 0.562. The van der Waals surface area contributed by atoms with Crippen LogP contribution in [0.3, 0.4) is 0 Å². The number of nitrogens with one attached hydrogen (secondary N) is 2. The van der Waals surface area contributed by atoms with E-state index in [1.807, 2.05) is 24.3 Å². The molecule has 20 heavy (non-hydrogen) atoms. The molecule has 2 fully saturated rings. The zero-order chi connectivity index (χ0) is 13.9. The van der Waals surface area contributed by atoms with Crippen molar-refractivity contribution in [3.63, 3.8) is 0 Å². The quantitative estimate of drug-likeness (QED) is 0.787. The molecule has 0 aliphatic carbocycles. The molecule has 2 aliphatic heterocycles. The van der Waals surface area contributed by atoms with Gasteiger partial charge >= 0.3 is 0 Å². The standard InChI is InChI=1S/C16H22N2O2/c19-10-12-3-1-2-4-15(12)18-16(20)9-11-7-13-5-6-14(8-11)17-13/h1-4,11,13-14,17,19H,5-10H2,(H,18,20). The Bertz CT molecular complexity index is 477. The molecule has 0 aromatic heterocycles. The maximum atomic E-state index is 12.2. The summed E-state index contributed by atoms with van der Waals surface area (Å²) < 4.78 is 0. The van der Waals surface area contributed by atoms with Crippen LogP contribution in [0.15, 0.2) is 24.3 Å². The number of rotatable bonds is 4. The van der Waals surface area contributed by atoms with Crippen LogP contribution in [0, 0.1) is 5.92 Å². The smallest absolute Gasteiger partial charge is 0.224 e. The highest BCUT2D eigenvalue weighted by atomic mass is 16.3. The van der Waals surface area contributed by atoms with Crippen molar-refractivity contribution in [2.75, 3.05) is 5.32 Å². The van der Waals surface area contributed by atoms with E-state index in [0.29, 0.717) is 24.4 Å². The van der Waals surface area contributed by atoms with Crippen LogP contribution in [0.25, 0.3) is 0 Å². The van der Waals surface area contributed by atoms with Crippen molar-refractivity contribution in [2.45, 2.75) is 50.8 Å². The molecule has 2 atom stereocenters. The lowest BCUT2D eigenvalue weighted by Crippen LogP contribution is -2.39. The predicted molar refractivity (Wildman–Crippen MR) is 78.3 cm³/mol. The third-order valence-electron chi connectivity index (χ3n) is 4.51. The number of carbonyl (C=O) groups is 1. The van der Waals surface area contributed by atoms with E-state index in [0.717, 1.165) is 24.1 Å². The number of anilines is 1. The Morgan fingerprint density at radius 1 is 1.25 bits per heavy atom. The fourth-order valence-corrected chi connectivity index (χ4v) is 3.59. The Morgan fingerprint density at radius 2 is 1.95 bits per heavy atom. The van der Waals surface area contributed by atoms with Crippen molar-refractivity contribution in [1.29, 1.82) is 0 Å².